The lowest BCUT2D eigenvalue weighted by molar-refractivity contribution is -0.129. The van der Waals surface area contributed by atoms with Crippen molar-refractivity contribution in [1.82, 2.24) is 15.5 Å². The molecule has 3 heterocycles. The average molecular weight is 321 g/mol. The van der Waals surface area contributed by atoms with Crippen LogP contribution in [-0.2, 0) is 14.4 Å². The predicted molar refractivity (Wildman–Crippen MR) is 82.1 cm³/mol. The summed E-state index contributed by atoms with van der Waals surface area (Å²) in [7, 11) is 1.71. The van der Waals surface area contributed by atoms with Crippen molar-refractivity contribution in [2.75, 3.05) is 13.6 Å². The second kappa shape index (κ2) is 6.08. The Morgan fingerprint density at radius 2 is 2.27 bits per heavy atom. The number of hydrogen-bond acceptors (Lipinski definition) is 4. The summed E-state index contributed by atoms with van der Waals surface area (Å²) in [5, 5.41) is 7.95. The first-order chi connectivity index (χ1) is 10.5. The van der Waals surface area contributed by atoms with Gasteiger partial charge in [-0.25, -0.2) is 0 Å². The van der Waals surface area contributed by atoms with E-state index in [9.17, 15) is 14.4 Å². The van der Waals surface area contributed by atoms with E-state index in [0.717, 1.165) is 4.88 Å². The first-order valence-electron chi connectivity index (χ1n) is 7.41. The summed E-state index contributed by atoms with van der Waals surface area (Å²) >= 11 is 1.57. The molecule has 0 bridgehead atoms. The average Bonchev–Trinajstić information content (AvgIpc) is 3.12. The Labute approximate surface area is 132 Å². The zero-order chi connectivity index (χ0) is 15.7. The highest BCUT2D eigenvalue weighted by atomic mass is 32.1. The van der Waals surface area contributed by atoms with Crippen LogP contribution < -0.4 is 10.6 Å². The third-order valence-corrected chi connectivity index (χ3v) is 5.25. The van der Waals surface area contributed by atoms with E-state index in [1.165, 1.54) is 0 Å². The molecule has 2 aliphatic heterocycles. The molecule has 1 unspecified atom stereocenters. The van der Waals surface area contributed by atoms with Gasteiger partial charge >= 0.3 is 0 Å². The minimum atomic E-state index is -0.292. The van der Waals surface area contributed by atoms with Crippen molar-refractivity contribution in [1.29, 1.82) is 0 Å². The van der Waals surface area contributed by atoms with Gasteiger partial charge in [0.25, 0.3) is 0 Å². The smallest absolute Gasteiger partial charge is 0.225 e. The van der Waals surface area contributed by atoms with Gasteiger partial charge in [-0.05, 0) is 17.9 Å². The maximum absolute atomic E-state index is 12.4. The zero-order valence-corrected chi connectivity index (χ0v) is 13.2. The first kappa shape index (κ1) is 15.0. The van der Waals surface area contributed by atoms with Gasteiger partial charge in [0.05, 0.1) is 18.0 Å². The summed E-state index contributed by atoms with van der Waals surface area (Å²) in [5.41, 5.74) is 0. The molecule has 6 nitrogen and oxygen atoms in total. The molecule has 3 rings (SSSR count). The number of carbonyl (C=O) groups excluding carboxylic acids is 3. The third kappa shape index (κ3) is 2.99. The van der Waals surface area contributed by atoms with Crippen LogP contribution in [0.5, 0.6) is 0 Å². The van der Waals surface area contributed by atoms with E-state index in [1.807, 2.05) is 17.5 Å². The Balaban J connectivity index is 1.68. The fraction of sp³-hybridized carbons (Fsp3) is 0.533. The minimum absolute atomic E-state index is 0.00639. The van der Waals surface area contributed by atoms with Crippen molar-refractivity contribution < 1.29 is 14.4 Å². The minimum Gasteiger partial charge on any atom is -0.351 e. The van der Waals surface area contributed by atoms with Crippen LogP contribution in [0.25, 0.3) is 0 Å². The summed E-state index contributed by atoms with van der Waals surface area (Å²) in [6.07, 6.45) is 1.30. The molecule has 2 saturated heterocycles. The second-order valence-corrected chi connectivity index (χ2v) is 6.87. The highest BCUT2D eigenvalue weighted by Crippen LogP contribution is 2.28. The number of nitrogens with one attached hydrogen (secondary N) is 2. The van der Waals surface area contributed by atoms with Crippen LogP contribution in [0.4, 0.5) is 0 Å². The van der Waals surface area contributed by atoms with Crippen LogP contribution >= 0.6 is 11.3 Å². The summed E-state index contributed by atoms with van der Waals surface area (Å²) in [5.74, 6) is -0.369. The van der Waals surface area contributed by atoms with Crippen molar-refractivity contribution in [3.63, 3.8) is 0 Å². The van der Waals surface area contributed by atoms with Crippen molar-refractivity contribution in [2.45, 2.75) is 31.3 Å². The molecule has 118 valence electrons. The van der Waals surface area contributed by atoms with E-state index in [1.54, 1.807) is 23.3 Å². The monoisotopic (exact) mass is 321 g/mol. The molecule has 2 aliphatic rings. The second-order valence-electron chi connectivity index (χ2n) is 5.89. The van der Waals surface area contributed by atoms with Crippen molar-refractivity contribution in [2.24, 2.45) is 5.92 Å². The molecular weight excluding hydrogens is 302 g/mol. The molecule has 2 fully saturated rings. The van der Waals surface area contributed by atoms with E-state index in [4.69, 9.17) is 0 Å². The van der Waals surface area contributed by atoms with Crippen molar-refractivity contribution >= 4 is 29.1 Å². The molecular formula is C15H19N3O3S. The number of carbonyl (C=O) groups is 3. The Bertz CT molecular complexity index is 587. The fourth-order valence-corrected chi connectivity index (χ4v) is 3.87. The molecule has 0 saturated carbocycles. The summed E-state index contributed by atoms with van der Waals surface area (Å²) in [6.45, 7) is 0.466. The number of likely N-dealkylation sites (tertiary alicyclic amines) is 1. The summed E-state index contributed by atoms with van der Waals surface area (Å²) < 4.78 is 0. The molecule has 0 aliphatic carbocycles. The Morgan fingerprint density at radius 1 is 1.45 bits per heavy atom. The fourth-order valence-electron chi connectivity index (χ4n) is 3.03. The molecule has 0 spiro atoms. The van der Waals surface area contributed by atoms with Gasteiger partial charge in [0.15, 0.2) is 0 Å². The molecule has 7 heteroatoms. The lowest BCUT2D eigenvalue weighted by Gasteiger charge is -2.32. The Morgan fingerprint density at radius 3 is 2.91 bits per heavy atom. The molecule has 1 aromatic rings. The van der Waals surface area contributed by atoms with Gasteiger partial charge in [-0.1, -0.05) is 6.07 Å². The molecule has 2 N–H and O–H groups in total. The van der Waals surface area contributed by atoms with Crippen LogP contribution in [-0.4, -0.2) is 42.3 Å². The lowest BCUT2D eigenvalue weighted by atomic mass is 9.95. The lowest BCUT2D eigenvalue weighted by Crippen LogP contribution is -2.51. The number of amides is 3. The van der Waals surface area contributed by atoms with E-state index in [2.05, 4.69) is 10.6 Å². The summed E-state index contributed by atoms with van der Waals surface area (Å²) in [4.78, 5) is 38.3. The van der Waals surface area contributed by atoms with Crippen LogP contribution in [0.2, 0.25) is 0 Å². The molecule has 22 heavy (non-hydrogen) atoms. The van der Waals surface area contributed by atoms with E-state index in [0.29, 0.717) is 19.4 Å². The number of piperidine rings is 1. The Hall–Kier alpha value is -1.89. The Kier molecular flexibility index (Phi) is 4.15. The van der Waals surface area contributed by atoms with Gasteiger partial charge < -0.3 is 15.5 Å². The largest absolute Gasteiger partial charge is 0.351 e. The van der Waals surface area contributed by atoms with E-state index in [-0.39, 0.29) is 42.1 Å². The molecule has 0 radical (unpaired) electrons. The van der Waals surface area contributed by atoms with Gasteiger partial charge in [-0.15, -0.1) is 11.3 Å². The zero-order valence-electron chi connectivity index (χ0n) is 12.4. The third-order valence-electron chi connectivity index (χ3n) is 4.29. The maximum Gasteiger partial charge on any atom is 0.225 e. The summed E-state index contributed by atoms with van der Waals surface area (Å²) in [6, 6.07) is 3.60. The highest BCUT2D eigenvalue weighted by molar-refractivity contribution is 7.10. The van der Waals surface area contributed by atoms with Crippen molar-refractivity contribution in [3.05, 3.63) is 22.4 Å². The quantitative estimate of drug-likeness (QED) is 0.858. The number of nitrogens with zero attached hydrogens (tertiary/aromatic N) is 1. The predicted octanol–water partition coefficient (Wildman–Crippen LogP) is 0.662. The normalized spacial score (nSPS) is 28.6. The van der Waals surface area contributed by atoms with Gasteiger partial charge in [0, 0.05) is 31.3 Å². The molecule has 1 aromatic heterocycles. The van der Waals surface area contributed by atoms with Gasteiger partial charge in [0.1, 0.15) is 0 Å². The molecule has 3 atom stereocenters. The van der Waals surface area contributed by atoms with Crippen LogP contribution in [0.1, 0.15) is 30.2 Å². The van der Waals surface area contributed by atoms with Crippen LogP contribution in [0, 0.1) is 5.92 Å². The highest BCUT2D eigenvalue weighted by Gasteiger charge is 2.36. The SMILES string of the molecule is CN1CC(C(=O)N[C@@H]2CCC(=O)N[C@H]2c2cccs2)CC1=O. The van der Waals surface area contributed by atoms with Gasteiger partial charge in [-0.2, -0.15) is 0 Å². The number of hydrogen-bond donors (Lipinski definition) is 2. The van der Waals surface area contributed by atoms with E-state index < -0.39 is 0 Å². The molecule has 0 aromatic carbocycles. The van der Waals surface area contributed by atoms with Crippen LogP contribution in [0.3, 0.4) is 0 Å². The number of thiophene rings is 1. The van der Waals surface area contributed by atoms with Gasteiger partial charge in [0.2, 0.25) is 17.7 Å². The van der Waals surface area contributed by atoms with Crippen LogP contribution in [0.15, 0.2) is 17.5 Å². The van der Waals surface area contributed by atoms with Gasteiger partial charge in [-0.3, -0.25) is 14.4 Å². The van der Waals surface area contributed by atoms with E-state index >= 15 is 0 Å². The maximum atomic E-state index is 12.4. The topological polar surface area (TPSA) is 78.5 Å². The number of rotatable bonds is 3. The first-order valence-corrected chi connectivity index (χ1v) is 8.29. The standard InChI is InChI=1S/C15H19N3O3S/c1-18-8-9(7-13(18)20)15(21)16-10-4-5-12(19)17-14(10)11-3-2-6-22-11/h2-3,6,9-10,14H,4-5,7-8H2,1H3,(H,16,21)(H,17,19)/t9?,10-,14-/m1/s1. The molecule has 3 amide bonds. The van der Waals surface area contributed by atoms with Crippen molar-refractivity contribution in [3.8, 4) is 0 Å².